The minimum Gasteiger partial charge on any atom is -0.493 e. The van der Waals surface area contributed by atoms with Crippen LogP contribution in [0.1, 0.15) is 22.8 Å². The Morgan fingerprint density at radius 2 is 2.03 bits per heavy atom. The van der Waals surface area contributed by atoms with Gasteiger partial charge in [0.15, 0.2) is 11.5 Å². The van der Waals surface area contributed by atoms with Gasteiger partial charge in [-0.2, -0.15) is 10.1 Å². The average molecular weight is 453 g/mol. The number of nitrogens with zero attached hydrogens (tertiary/aromatic N) is 2. The lowest BCUT2D eigenvalue weighted by atomic mass is 10.1. The molecule has 146 valence electrons. The number of carbonyl (C=O) groups excluding carboxylic acids is 2. The van der Waals surface area contributed by atoms with E-state index >= 15 is 0 Å². The Bertz CT molecular complexity index is 1070. The van der Waals surface area contributed by atoms with E-state index in [4.69, 9.17) is 15.9 Å². The second-order valence-corrected chi connectivity index (χ2v) is 6.91. The summed E-state index contributed by atoms with van der Waals surface area (Å²) in [6.45, 7) is 1.77. The minimum absolute atomic E-state index is 0.0935. The number of amides is 2. The van der Waals surface area contributed by atoms with Gasteiger partial charge >= 0.3 is 0 Å². The van der Waals surface area contributed by atoms with E-state index in [0.717, 1.165) is 5.01 Å². The highest BCUT2D eigenvalue weighted by atomic mass is 79.9. The van der Waals surface area contributed by atoms with Crippen molar-refractivity contribution < 1.29 is 19.1 Å². The number of benzene rings is 2. The molecule has 0 fully saturated rings. The van der Waals surface area contributed by atoms with Crippen LogP contribution in [0.5, 0.6) is 11.5 Å². The minimum atomic E-state index is -0.487. The molecule has 0 aromatic heterocycles. The third-order valence-electron chi connectivity index (χ3n) is 4.14. The fourth-order valence-electron chi connectivity index (χ4n) is 2.77. The number of hydrazone groups is 1. The Kier molecular flexibility index (Phi) is 6.15. The monoisotopic (exact) mass is 452 g/mol. The van der Waals surface area contributed by atoms with E-state index < -0.39 is 11.8 Å². The molecule has 2 aromatic carbocycles. The zero-order chi connectivity index (χ0) is 21.0. The summed E-state index contributed by atoms with van der Waals surface area (Å²) in [6, 6.07) is 12.0. The molecule has 0 bridgehead atoms. The predicted octanol–water partition coefficient (Wildman–Crippen LogP) is 3.91. The molecule has 0 aliphatic carbocycles. The number of carbonyl (C=O) groups is 2. The lowest BCUT2D eigenvalue weighted by Gasteiger charge is -2.12. The number of hydrogen-bond acceptors (Lipinski definition) is 5. The third-order valence-corrected chi connectivity index (χ3v) is 4.73. The number of hydrogen-bond donors (Lipinski definition) is 0. The van der Waals surface area contributed by atoms with Crippen molar-refractivity contribution in [2.75, 3.05) is 13.7 Å². The molecule has 1 aliphatic heterocycles. The van der Waals surface area contributed by atoms with Gasteiger partial charge in [0, 0.05) is 5.56 Å². The molecule has 1 aliphatic rings. The topological polar surface area (TPSA) is 68.2 Å². The summed E-state index contributed by atoms with van der Waals surface area (Å²) >= 11 is 3.43. The van der Waals surface area contributed by atoms with Crippen molar-refractivity contribution in [2.24, 2.45) is 5.10 Å². The van der Waals surface area contributed by atoms with E-state index in [9.17, 15) is 9.59 Å². The smallest absolute Gasteiger partial charge is 0.283 e. The zero-order valence-corrected chi connectivity index (χ0v) is 17.4. The van der Waals surface area contributed by atoms with Crippen molar-refractivity contribution in [3.05, 3.63) is 63.6 Å². The Balaban J connectivity index is 1.92. The quantitative estimate of drug-likeness (QED) is 0.391. The molecule has 1 heterocycles. The van der Waals surface area contributed by atoms with E-state index in [-0.39, 0.29) is 6.61 Å². The number of imide groups is 1. The summed E-state index contributed by atoms with van der Waals surface area (Å²) < 4.78 is 11.5. The summed E-state index contributed by atoms with van der Waals surface area (Å²) in [7, 11) is 1.51. The number of halogens is 1. The van der Waals surface area contributed by atoms with E-state index in [1.807, 2.05) is 0 Å². The van der Waals surface area contributed by atoms with Crippen LogP contribution in [0.2, 0.25) is 0 Å². The first-order chi connectivity index (χ1) is 14.0. The predicted molar refractivity (Wildman–Crippen MR) is 114 cm³/mol. The first-order valence-corrected chi connectivity index (χ1v) is 9.40. The highest BCUT2D eigenvalue weighted by Crippen LogP contribution is 2.37. The summed E-state index contributed by atoms with van der Waals surface area (Å²) in [5.74, 6) is 2.36. The van der Waals surface area contributed by atoms with Crippen LogP contribution in [0, 0.1) is 12.3 Å². The van der Waals surface area contributed by atoms with Crippen LogP contribution in [0.3, 0.4) is 0 Å². The first-order valence-electron chi connectivity index (χ1n) is 8.61. The molecule has 7 heteroatoms. The summed E-state index contributed by atoms with van der Waals surface area (Å²) in [6.07, 6.45) is 6.89. The summed E-state index contributed by atoms with van der Waals surface area (Å²) in [5, 5.41) is 5.02. The van der Waals surface area contributed by atoms with Crippen molar-refractivity contribution in [2.45, 2.75) is 6.92 Å². The largest absolute Gasteiger partial charge is 0.493 e. The van der Waals surface area contributed by atoms with Gasteiger partial charge in [-0.25, -0.2) is 0 Å². The molecule has 29 heavy (non-hydrogen) atoms. The molecule has 6 nitrogen and oxygen atoms in total. The van der Waals surface area contributed by atoms with E-state index in [2.05, 4.69) is 27.0 Å². The van der Waals surface area contributed by atoms with Gasteiger partial charge in [-0.15, -0.1) is 6.42 Å². The fourth-order valence-corrected chi connectivity index (χ4v) is 3.34. The Labute approximate surface area is 176 Å². The zero-order valence-electron chi connectivity index (χ0n) is 15.8. The number of terminal acetylenes is 1. The van der Waals surface area contributed by atoms with Crippen molar-refractivity contribution in [1.82, 2.24) is 5.01 Å². The number of rotatable bonds is 5. The molecular formula is C22H17BrN2O4. The van der Waals surface area contributed by atoms with Crippen molar-refractivity contribution in [1.29, 1.82) is 0 Å². The van der Waals surface area contributed by atoms with Gasteiger partial charge in [-0.3, -0.25) is 9.59 Å². The van der Waals surface area contributed by atoms with Gasteiger partial charge in [0.05, 0.1) is 22.9 Å². The highest BCUT2D eigenvalue weighted by molar-refractivity contribution is 9.10. The van der Waals surface area contributed by atoms with Gasteiger partial charge < -0.3 is 9.47 Å². The van der Waals surface area contributed by atoms with E-state index in [0.29, 0.717) is 38.4 Å². The second-order valence-electron chi connectivity index (χ2n) is 6.06. The van der Waals surface area contributed by atoms with E-state index in [1.54, 1.807) is 55.5 Å². The number of methoxy groups -OCH3 is 1. The van der Waals surface area contributed by atoms with Gasteiger partial charge in [0.25, 0.3) is 11.8 Å². The average Bonchev–Trinajstić information content (AvgIpc) is 3.01. The third kappa shape index (κ3) is 4.23. The maximum atomic E-state index is 12.8. The van der Waals surface area contributed by atoms with Crippen LogP contribution in [0.25, 0.3) is 6.08 Å². The molecule has 2 amide bonds. The van der Waals surface area contributed by atoms with Crippen LogP contribution in [0.15, 0.2) is 57.6 Å². The van der Waals surface area contributed by atoms with Gasteiger partial charge in [-0.05, 0) is 58.8 Å². The summed E-state index contributed by atoms with van der Waals surface area (Å²) in [4.78, 5) is 25.4. The van der Waals surface area contributed by atoms with Crippen LogP contribution >= 0.6 is 15.9 Å². The molecule has 0 saturated heterocycles. The fraction of sp³-hybridized carbons (Fsp3) is 0.136. The van der Waals surface area contributed by atoms with Crippen LogP contribution in [-0.4, -0.2) is 36.3 Å². The van der Waals surface area contributed by atoms with Crippen molar-refractivity contribution in [3.8, 4) is 23.8 Å². The molecule has 0 spiro atoms. The highest BCUT2D eigenvalue weighted by Gasteiger charge is 2.33. The lowest BCUT2D eigenvalue weighted by molar-refractivity contribution is -0.123. The lowest BCUT2D eigenvalue weighted by Crippen LogP contribution is -2.29. The molecule has 0 N–H and O–H groups in total. The van der Waals surface area contributed by atoms with Crippen LogP contribution in [0.4, 0.5) is 0 Å². The molecular weight excluding hydrogens is 436 g/mol. The van der Waals surface area contributed by atoms with Crippen molar-refractivity contribution in [3.63, 3.8) is 0 Å². The van der Waals surface area contributed by atoms with Gasteiger partial charge in [0.1, 0.15) is 6.61 Å². The first kappa shape index (κ1) is 20.4. The molecule has 0 radical (unpaired) electrons. The van der Waals surface area contributed by atoms with Crippen molar-refractivity contribution >= 4 is 39.5 Å². The molecule has 0 saturated carbocycles. The number of ether oxygens (including phenoxy) is 2. The molecule has 0 unspecified atom stereocenters. The van der Waals surface area contributed by atoms with E-state index in [1.165, 1.54) is 7.11 Å². The SMILES string of the molecule is C#CCOc1c(Br)cc(/C=C2/C(=O)N(C(=O)c3ccccc3)N=C2C)cc1OC. The van der Waals surface area contributed by atoms with Crippen LogP contribution in [-0.2, 0) is 4.79 Å². The molecule has 3 rings (SSSR count). The maximum absolute atomic E-state index is 12.8. The van der Waals surface area contributed by atoms with Crippen LogP contribution < -0.4 is 9.47 Å². The standard InChI is InChI=1S/C22H17BrN2O4/c1-4-10-29-20-18(23)12-15(13-19(20)28-3)11-17-14(2)24-25(22(17)27)21(26)16-8-6-5-7-9-16/h1,5-9,11-13H,10H2,2-3H3/b17-11+. The van der Waals surface area contributed by atoms with Gasteiger partial charge in [-0.1, -0.05) is 24.1 Å². The Hall–Kier alpha value is -3.37. The normalized spacial score (nSPS) is 14.6. The molecule has 2 aromatic rings. The Morgan fingerprint density at radius 1 is 1.31 bits per heavy atom. The van der Waals surface area contributed by atoms with Gasteiger partial charge in [0.2, 0.25) is 0 Å². The summed E-state index contributed by atoms with van der Waals surface area (Å²) in [5.41, 5.74) is 1.83. The Morgan fingerprint density at radius 3 is 2.69 bits per heavy atom. The maximum Gasteiger partial charge on any atom is 0.283 e. The molecule has 0 atom stereocenters. The second kappa shape index (κ2) is 8.76.